The lowest BCUT2D eigenvalue weighted by atomic mass is 10.2. The van der Waals surface area contributed by atoms with Gasteiger partial charge >= 0.3 is 11.8 Å². The van der Waals surface area contributed by atoms with E-state index in [2.05, 4.69) is 10.6 Å². The zero-order valence-electron chi connectivity index (χ0n) is 15.4. The quantitative estimate of drug-likeness (QED) is 0.666. The second-order valence-corrected chi connectivity index (χ2v) is 9.71. The molecule has 0 radical (unpaired) electrons. The normalized spacial score (nSPS) is 18.4. The number of thioether (sulfide) groups is 1. The molecule has 0 atom stereocenters. The van der Waals surface area contributed by atoms with E-state index >= 15 is 0 Å². The maximum absolute atomic E-state index is 12.1. The topological polar surface area (TPSA) is 116 Å². The standard InChI is InChI=1S/C17H22N4O5S2/c1-12(22)21-8-9-27-15-4-3-13(11-14(15)21)19-17(24)16(23)18-5-7-20-6-2-10-28(20,25)26/h3-4,11H,2,5-10H2,1H3,(H,18,23)(H,19,24). The first-order chi connectivity index (χ1) is 13.3. The number of hydrogen-bond acceptors (Lipinski definition) is 6. The van der Waals surface area contributed by atoms with E-state index in [1.165, 1.54) is 11.2 Å². The molecular weight excluding hydrogens is 404 g/mol. The molecule has 152 valence electrons. The van der Waals surface area contributed by atoms with Crippen LogP contribution in [0.15, 0.2) is 23.1 Å². The van der Waals surface area contributed by atoms with Crippen LogP contribution in [-0.4, -0.2) is 68.1 Å². The molecule has 1 fully saturated rings. The van der Waals surface area contributed by atoms with E-state index in [9.17, 15) is 22.8 Å². The van der Waals surface area contributed by atoms with Gasteiger partial charge < -0.3 is 15.5 Å². The Morgan fingerprint density at radius 2 is 1.96 bits per heavy atom. The van der Waals surface area contributed by atoms with E-state index in [-0.39, 0.29) is 24.7 Å². The van der Waals surface area contributed by atoms with Gasteiger partial charge in [-0.2, -0.15) is 0 Å². The van der Waals surface area contributed by atoms with E-state index in [4.69, 9.17) is 0 Å². The molecule has 11 heteroatoms. The lowest BCUT2D eigenvalue weighted by Crippen LogP contribution is -2.40. The molecule has 3 amide bonds. The number of sulfonamides is 1. The van der Waals surface area contributed by atoms with Gasteiger partial charge in [-0.05, 0) is 24.6 Å². The van der Waals surface area contributed by atoms with Crippen LogP contribution in [0, 0.1) is 0 Å². The van der Waals surface area contributed by atoms with Crippen LogP contribution in [0.25, 0.3) is 0 Å². The highest BCUT2D eigenvalue weighted by Gasteiger charge is 2.28. The summed E-state index contributed by atoms with van der Waals surface area (Å²) in [5.74, 6) is -0.850. The molecule has 2 aliphatic rings. The fourth-order valence-corrected chi connectivity index (χ4v) is 5.63. The molecule has 3 rings (SSSR count). The van der Waals surface area contributed by atoms with E-state index in [0.29, 0.717) is 30.9 Å². The number of nitrogens with one attached hydrogen (secondary N) is 2. The zero-order chi connectivity index (χ0) is 20.3. The SMILES string of the molecule is CC(=O)N1CCSc2ccc(NC(=O)C(=O)NCCN3CCCS3(=O)=O)cc21. The minimum Gasteiger partial charge on any atom is -0.347 e. The summed E-state index contributed by atoms with van der Waals surface area (Å²) in [5, 5.41) is 4.95. The second kappa shape index (κ2) is 8.50. The van der Waals surface area contributed by atoms with Gasteiger partial charge in [-0.3, -0.25) is 14.4 Å². The summed E-state index contributed by atoms with van der Waals surface area (Å²) >= 11 is 1.63. The molecule has 0 aliphatic carbocycles. The monoisotopic (exact) mass is 426 g/mol. The summed E-state index contributed by atoms with van der Waals surface area (Å²) in [7, 11) is -3.23. The summed E-state index contributed by atoms with van der Waals surface area (Å²) in [4.78, 5) is 38.5. The number of benzene rings is 1. The lowest BCUT2D eigenvalue weighted by Gasteiger charge is -2.28. The van der Waals surface area contributed by atoms with Crippen molar-refractivity contribution in [2.75, 3.05) is 47.9 Å². The highest BCUT2D eigenvalue weighted by atomic mass is 32.2. The summed E-state index contributed by atoms with van der Waals surface area (Å²) in [6.45, 7) is 2.71. The Hall–Kier alpha value is -2.11. The molecule has 2 N–H and O–H groups in total. The van der Waals surface area contributed by atoms with Crippen molar-refractivity contribution in [3.05, 3.63) is 18.2 Å². The first-order valence-corrected chi connectivity index (χ1v) is 11.5. The maximum Gasteiger partial charge on any atom is 0.313 e. The molecule has 1 saturated heterocycles. The Balaban J connectivity index is 1.56. The zero-order valence-corrected chi connectivity index (χ0v) is 17.1. The smallest absolute Gasteiger partial charge is 0.313 e. The van der Waals surface area contributed by atoms with Crippen molar-refractivity contribution in [2.45, 2.75) is 18.2 Å². The highest BCUT2D eigenvalue weighted by molar-refractivity contribution is 7.99. The molecule has 0 bridgehead atoms. The van der Waals surface area contributed by atoms with Gasteiger partial charge in [0.1, 0.15) is 0 Å². The molecule has 9 nitrogen and oxygen atoms in total. The van der Waals surface area contributed by atoms with Crippen molar-refractivity contribution in [3.8, 4) is 0 Å². The van der Waals surface area contributed by atoms with E-state index in [1.54, 1.807) is 34.9 Å². The van der Waals surface area contributed by atoms with Gasteiger partial charge in [-0.1, -0.05) is 0 Å². The van der Waals surface area contributed by atoms with E-state index in [0.717, 1.165) is 10.6 Å². The highest BCUT2D eigenvalue weighted by Crippen LogP contribution is 2.36. The minimum atomic E-state index is -3.23. The third-order valence-electron chi connectivity index (χ3n) is 4.52. The van der Waals surface area contributed by atoms with Crippen molar-refractivity contribution in [1.82, 2.24) is 9.62 Å². The van der Waals surface area contributed by atoms with Crippen molar-refractivity contribution in [1.29, 1.82) is 0 Å². The molecule has 2 aliphatic heterocycles. The van der Waals surface area contributed by atoms with Crippen LogP contribution >= 0.6 is 11.8 Å². The number of rotatable bonds is 4. The Bertz CT molecular complexity index is 903. The van der Waals surface area contributed by atoms with Crippen molar-refractivity contribution < 1.29 is 22.8 Å². The van der Waals surface area contributed by atoms with Crippen LogP contribution in [0.2, 0.25) is 0 Å². The lowest BCUT2D eigenvalue weighted by molar-refractivity contribution is -0.136. The first kappa shape index (κ1) is 20.6. The molecule has 0 unspecified atom stereocenters. The van der Waals surface area contributed by atoms with Crippen molar-refractivity contribution >= 4 is 50.9 Å². The molecule has 1 aromatic rings. The van der Waals surface area contributed by atoms with Gasteiger partial charge in [0.05, 0.1) is 11.4 Å². The third kappa shape index (κ3) is 4.65. The Morgan fingerprint density at radius 3 is 2.64 bits per heavy atom. The minimum absolute atomic E-state index is 0.0599. The molecule has 2 heterocycles. The Kier molecular flexibility index (Phi) is 6.26. The van der Waals surface area contributed by atoms with Gasteiger partial charge in [-0.15, -0.1) is 11.8 Å². The number of nitrogens with zero attached hydrogens (tertiary/aromatic N) is 2. The predicted molar refractivity (Wildman–Crippen MR) is 107 cm³/mol. The summed E-state index contributed by atoms with van der Waals surface area (Å²) in [6.07, 6.45) is 0.574. The summed E-state index contributed by atoms with van der Waals surface area (Å²) in [5.41, 5.74) is 1.12. The number of carbonyl (C=O) groups is 3. The van der Waals surface area contributed by atoms with Crippen molar-refractivity contribution in [2.24, 2.45) is 0 Å². The number of fused-ring (bicyclic) bond motifs is 1. The first-order valence-electron chi connectivity index (χ1n) is 8.90. The average Bonchev–Trinajstić information content (AvgIpc) is 2.99. The van der Waals surface area contributed by atoms with E-state index in [1.807, 2.05) is 0 Å². The van der Waals surface area contributed by atoms with Gasteiger partial charge in [0.15, 0.2) is 0 Å². The molecule has 0 spiro atoms. The predicted octanol–water partition coefficient (Wildman–Crippen LogP) is 0.235. The maximum atomic E-state index is 12.1. The molecular formula is C17H22N4O5S2. The number of anilines is 2. The summed E-state index contributed by atoms with van der Waals surface area (Å²) in [6, 6.07) is 5.16. The Morgan fingerprint density at radius 1 is 1.18 bits per heavy atom. The molecule has 0 aromatic heterocycles. The van der Waals surface area contributed by atoms with Gasteiger partial charge in [-0.25, -0.2) is 12.7 Å². The third-order valence-corrected chi connectivity index (χ3v) is 7.52. The molecule has 28 heavy (non-hydrogen) atoms. The number of hydrogen-bond donors (Lipinski definition) is 2. The average molecular weight is 427 g/mol. The number of amides is 3. The van der Waals surface area contributed by atoms with E-state index < -0.39 is 21.8 Å². The fraction of sp³-hybridized carbons (Fsp3) is 0.471. The molecule has 0 saturated carbocycles. The molecule has 1 aromatic carbocycles. The van der Waals surface area contributed by atoms with Crippen LogP contribution < -0.4 is 15.5 Å². The van der Waals surface area contributed by atoms with Gasteiger partial charge in [0.25, 0.3) is 0 Å². The van der Waals surface area contributed by atoms with Crippen LogP contribution in [0.3, 0.4) is 0 Å². The van der Waals surface area contributed by atoms with Gasteiger partial charge in [0, 0.05) is 49.4 Å². The fourth-order valence-electron chi connectivity index (χ4n) is 3.13. The van der Waals surface area contributed by atoms with Crippen LogP contribution in [0.5, 0.6) is 0 Å². The van der Waals surface area contributed by atoms with Crippen LogP contribution in [0.4, 0.5) is 11.4 Å². The Labute approximate surface area is 167 Å². The van der Waals surface area contributed by atoms with Crippen LogP contribution in [-0.2, 0) is 24.4 Å². The van der Waals surface area contributed by atoms with Crippen molar-refractivity contribution in [3.63, 3.8) is 0 Å². The summed E-state index contributed by atoms with van der Waals surface area (Å²) < 4.78 is 24.7. The second-order valence-electron chi connectivity index (χ2n) is 6.48. The number of carbonyl (C=O) groups excluding carboxylic acids is 3. The van der Waals surface area contributed by atoms with Gasteiger partial charge in [0.2, 0.25) is 15.9 Å². The largest absolute Gasteiger partial charge is 0.347 e. The van der Waals surface area contributed by atoms with Crippen LogP contribution in [0.1, 0.15) is 13.3 Å².